The summed E-state index contributed by atoms with van der Waals surface area (Å²) in [5.41, 5.74) is 1.04. The van der Waals surface area contributed by atoms with E-state index in [-0.39, 0.29) is 6.42 Å². The Labute approximate surface area is 91.9 Å². The molecule has 0 spiro atoms. The molecule has 0 saturated carbocycles. The van der Waals surface area contributed by atoms with Crippen molar-refractivity contribution in [2.24, 2.45) is 0 Å². The number of hydrogen-bond acceptors (Lipinski definition) is 4. The average molecular weight is 227 g/mol. The topological polar surface area (TPSA) is 59.4 Å². The summed E-state index contributed by atoms with van der Waals surface area (Å²) in [7, 11) is 0. The normalized spacial score (nSPS) is 17.9. The van der Waals surface area contributed by atoms with Crippen LogP contribution in [0.25, 0.3) is 0 Å². The van der Waals surface area contributed by atoms with Crippen LogP contribution in [0.5, 0.6) is 0 Å². The van der Waals surface area contributed by atoms with Crippen LogP contribution in [-0.4, -0.2) is 29.3 Å². The second-order valence-electron chi connectivity index (χ2n) is 3.62. The maximum atomic E-state index is 10.5. The van der Waals surface area contributed by atoms with Gasteiger partial charge in [-0.2, -0.15) is 0 Å². The minimum Gasteiger partial charge on any atom is -0.481 e. The smallest absolute Gasteiger partial charge is 0.310 e. The van der Waals surface area contributed by atoms with Crippen LogP contribution in [0.2, 0.25) is 0 Å². The van der Waals surface area contributed by atoms with Gasteiger partial charge in [0.05, 0.1) is 12.1 Å². The van der Waals surface area contributed by atoms with E-state index in [1.165, 1.54) is 11.3 Å². The molecule has 0 atom stereocenters. The van der Waals surface area contributed by atoms with Crippen LogP contribution in [0.4, 0.5) is 0 Å². The molecule has 82 valence electrons. The molecule has 1 saturated heterocycles. The van der Waals surface area contributed by atoms with Gasteiger partial charge in [0.1, 0.15) is 5.01 Å². The Morgan fingerprint density at radius 2 is 2.33 bits per heavy atom. The molecule has 1 aliphatic rings. The molecular weight excluding hydrogens is 214 g/mol. The fourth-order valence-electron chi connectivity index (χ4n) is 1.72. The molecule has 1 aromatic rings. The van der Waals surface area contributed by atoms with Crippen molar-refractivity contribution in [3.8, 4) is 0 Å². The number of carboxylic acids is 1. The second-order valence-corrected chi connectivity index (χ2v) is 4.57. The maximum absolute atomic E-state index is 10.5. The van der Waals surface area contributed by atoms with E-state index in [1.54, 1.807) is 0 Å². The van der Waals surface area contributed by atoms with Gasteiger partial charge in [0.25, 0.3) is 0 Å². The van der Waals surface area contributed by atoms with Crippen molar-refractivity contribution in [3.05, 3.63) is 16.1 Å². The van der Waals surface area contributed by atoms with Gasteiger partial charge in [-0.15, -0.1) is 11.3 Å². The van der Waals surface area contributed by atoms with Gasteiger partial charge in [0, 0.05) is 24.5 Å². The van der Waals surface area contributed by atoms with E-state index in [4.69, 9.17) is 9.84 Å². The second kappa shape index (κ2) is 4.72. The summed E-state index contributed by atoms with van der Waals surface area (Å²) in [6.45, 7) is 1.58. The Bertz CT molecular complexity index is 344. The first-order chi connectivity index (χ1) is 7.25. The van der Waals surface area contributed by atoms with E-state index in [1.807, 2.05) is 5.38 Å². The molecule has 0 unspecified atom stereocenters. The van der Waals surface area contributed by atoms with E-state index in [0.29, 0.717) is 10.9 Å². The summed E-state index contributed by atoms with van der Waals surface area (Å²) < 4.78 is 5.27. The van der Waals surface area contributed by atoms with Crippen LogP contribution in [0.15, 0.2) is 5.38 Å². The zero-order valence-electron chi connectivity index (χ0n) is 8.31. The highest BCUT2D eigenvalue weighted by molar-refractivity contribution is 7.09. The van der Waals surface area contributed by atoms with Crippen molar-refractivity contribution >= 4 is 17.3 Å². The molecule has 1 N–H and O–H groups in total. The molecule has 0 radical (unpaired) electrons. The first-order valence-corrected chi connectivity index (χ1v) is 5.87. The molecule has 2 rings (SSSR count). The lowest BCUT2D eigenvalue weighted by atomic mass is 9.98. The predicted molar refractivity (Wildman–Crippen MR) is 56.2 cm³/mol. The minimum absolute atomic E-state index is 0.0356. The van der Waals surface area contributed by atoms with E-state index >= 15 is 0 Å². The number of thiazole rings is 1. The molecule has 1 aromatic heterocycles. The van der Waals surface area contributed by atoms with Gasteiger partial charge < -0.3 is 9.84 Å². The molecule has 0 aromatic carbocycles. The Morgan fingerprint density at radius 3 is 3.00 bits per heavy atom. The minimum atomic E-state index is -0.817. The van der Waals surface area contributed by atoms with E-state index < -0.39 is 5.97 Å². The Balaban J connectivity index is 2.02. The number of rotatable bonds is 3. The molecule has 4 nitrogen and oxygen atoms in total. The zero-order valence-corrected chi connectivity index (χ0v) is 9.13. The summed E-state index contributed by atoms with van der Waals surface area (Å²) >= 11 is 1.44. The van der Waals surface area contributed by atoms with Crippen molar-refractivity contribution in [1.29, 1.82) is 0 Å². The number of carboxylic acid groups (broad SMARTS) is 1. The van der Waals surface area contributed by atoms with Gasteiger partial charge in [-0.1, -0.05) is 0 Å². The predicted octanol–water partition coefficient (Wildman–Crippen LogP) is 1.66. The number of ether oxygens (including phenoxy) is 1. The van der Waals surface area contributed by atoms with E-state index in [2.05, 4.69) is 4.98 Å². The Hall–Kier alpha value is -0.940. The first-order valence-electron chi connectivity index (χ1n) is 4.99. The van der Waals surface area contributed by atoms with E-state index in [0.717, 1.165) is 31.7 Å². The van der Waals surface area contributed by atoms with Crippen molar-refractivity contribution in [2.75, 3.05) is 13.2 Å². The van der Waals surface area contributed by atoms with Gasteiger partial charge in [0.15, 0.2) is 0 Å². The number of aliphatic carboxylic acids is 1. The van der Waals surface area contributed by atoms with Gasteiger partial charge in [-0.05, 0) is 12.8 Å². The van der Waals surface area contributed by atoms with Gasteiger partial charge >= 0.3 is 5.97 Å². The van der Waals surface area contributed by atoms with Crippen LogP contribution < -0.4 is 0 Å². The SMILES string of the molecule is O=C(O)Cc1nc(C2CCOCC2)cs1. The Kier molecular flexibility index (Phi) is 3.33. The average Bonchev–Trinajstić information content (AvgIpc) is 2.67. The van der Waals surface area contributed by atoms with Crippen LogP contribution in [0.1, 0.15) is 29.5 Å². The van der Waals surface area contributed by atoms with Crippen LogP contribution >= 0.6 is 11.3 Å². The standard InChI is InChI=1S/C10H13NO3S/c12-10(13)5-9-11-8(6-15-9)7-1-3-14-4-2-7/h6-7H,1-5H2,(H,12,13). The summed E-state index contributed by atoms with van der Waals surface area (Å²) in [6.07, 6.45) is 2.03. The molecule has 0 amide bonds. The van der Waals surface area contributed by atoms with Crippen molar-refractivity contribution < 1.29 is 14.6 Å². The lowest BCUT2D eigenvalue weighted by Crippen LogP contribution is -2.14. The quantitative estimate of drug-likeness (QED) is 0.853. The summed E-state index contributed by atoms with van der Waals surface area (Å²) in [5, 5.41) is 11.3. The number of hydrogen-bond donors (Lipinski definition) is 1. The van der Waals surface area contributed by atoms with Crippen LogP contribution in [0, 0.1) is 0 Å². The number of carbonyl (C=O) groups is 1. The fourth-order valence-corrected chi connectivity index (χ4v) is 2.58. The molecule has 15 heavy (non-hydrogen) atoms. The molecule has 5 heteroatoms. The van der Waals surface area contributed by atoms with Crippen LogP contribution in [0.3, 0.4) is 0 Å². The molecule has 0 aliphatic carbocycles. The monoisotopic (exact) mass is 227 g/mol. The summed E-state index contributed by atoms with van der Waals surface area (Å²) in [5.74, 6) is -0.361. The third-order valence-electron chi connectivity index (χ3n) is 2.51. The highest BCUT2D eigenvalue weighted by Crippen LogP contribution is 2.27. The van der Waals surface area contributed by atoms with E-state index in [9.17, 15) is 4.79 Å². The van der Waals surface area contributed by atoms with Gasteiger partial charge in [-0.25, -0.2) is 4.98 Å². The largest absolute Gasteiger partial charge is 0.481 e. The maximum Gasteiger partial charge on any atom is 0.310 e. The van der Waals surface area contributed by atoms with Gasteiger partial charge in [-0.3, -0.25) is 4.79 Å². The number of nitrogens with zero attached hydrogens (tertiary/aromatic N) is 1. The van der Waals surface area contributed by atoms with Crippen molar-refractivity contribution in [1.82, 2.24) is 4.98 Å². The van der Waals surface area contributed by atoms with Crippen molar-refractivity contribution in [2.45, 2.75) is 25.2 Å². The molecule has 1 fully saturated rings. The zero-order chi connectivity index (χ0) is 10.7. The highest BCUT2D eigenvalue weighted by atomic mass is 32.1. The molecule has 1 aliphatic heterocycles. The third-order valence-corrected chi connectivity index (χ3v) is 3.38. The highest BCUT2D eigenvalue weighted by Gasteiger charge is 2.18. The lowest BCUT2D eigenvalue weighted by Gasteiger charge is -2.19. The van der Waals surface area contributed by atoms with Crippen LogP contribution in [-0.2, 0) is 16.0 Å². The third kappa shape index (κ3) is 2.76. The molecule has 2 heterocycles. The lowest BCUT2D eigenvalue weighted by molar-refractivity contribution is -0.136. The molecular formula is C10H13NO3S. The fraction of sp³-hybridized carbons (Fsp3) is 0.600. The first kappa shape index (κ1) is 10.6. The molecule has 0 bridgehead atoms. The number of aromatic nitrogens is 1. The summed E-state index contributed by atoms with van der Waals surface area (Å²) in [6, 6.07) is 0. The van der Waals surface area contributed by atoms with Crippen molar-refractivity contribution in [3.63, 3.8) is 0 Å². The Morgan fingerprint density at radius 1 is 1.60 bits per heavy atom. The summed E-state index contributed by atoms with van der Waals surface area (Å²) in [4.78, 5) is 14.9. The van der Waals surface area contributed by atoms with Gasteiger partial charge in [0.2, 0.25) is 0 Å².